The second-order valence-corrected chi connectivity index (χ2v) is 6.88. The fourth-order valence-corrected chi connectivity index (χ4v) is 4.27. The summed E-state index contributed by atoms with van der Waals surface area (Å²) in [7, 11) is -3.64. The van der Waals surface area contributed by atoms with Crippen LogP contribution in [0.15, 0.2) is 52.0 Å². The Hall–Kier alpha value is -2.10. The molecule has 5 nitrogen and oxygen atoms in total. The zero-order valence-corrected chi connectivity index (χ0v) is 12.1. The Morgan fingerprint density at radius 3 is 2.76 bits per heavy atom. The van der Waals surface area contributed by atoms with Crippen LogP contribution in [0.1, 0.15) is 23.7 Å². The van der Waals surface area contributed by atoms with Crippen LogP contribution >= 0.6 is 0 Å². The molecule has 0 bridgehead atoms. The second-order valence-electron chi connectivity index (χ2n) is 4.97. The predicted molar refractivity (Wildman–Crippen MR) is 76.0 cm³/mol. The summed E-state index contributed by atoms with van der Waals surface area (Å²) < 4.78 is 32.1. The van der Waals surface area contributed by atoms with Crippen molar-refractivity contribution in [1.82, 2.24) is 4.31 Å². The Balaban J connectivity index is 1.89. The third-order valence-electron chi connectivity index (χ3n) is 3.72. The molecule has 2 heterocycles. The Labute approximate surface area is 123 Å². The average molecular weight is 302 g/mol. The van der Waals surface area contributed by atoms with E-state index in [9.17, 15) is 8.42 Å². The number of hydrogen-bond acceptors (Lipinski definition) is 4. The molecule has 1 aliphatic heterocycles. The second kappa shape index (κ2) is 5.35. The molecule has 0 aliphatic carbocycles. The zero-order valence-electron chi connectivity index (χ0n) is 11.3. The molecule has 1 aliphatic rings. The molecule has 0 spiro atoms. The molecule has 21 heavy (non-hydrogen) atoms. The number of nitriles is 1. The first-order chi connectivity index (χ1) is 10.1. The Bertz CT molecular complexity index is 776. The van der Waals surface area contributed by atoms with Crippen molar-refractivity contribution in [3.63, 3.8) is 0 Å². The lowest BCUT2D eigenvalue weighted by molar-refractivity contribution is 0.445. The van der Waals surface area contributed by atoms with Crippen molar-refractivity contribution in [2.45, 2.75) is 17.2 Å². The lowest BCUT2D eigenvalue weighted by Crippen LogP contribution is -2.29. The molecule has 108 valence electrons. The first-order valence-corrected chi connectivity index (χ1v) is 8.09. The zero-order chi connectivity index (χ0) is 14.9. The molecule has 2 aromatic rings. The molecule has 1 fully saturated rings. The van der Waals surface area contributed by atoms with Crippen molar-refractivity contribution in [3.8, 4) is 6.07 Å². The molecule has 1 atom stereocenters. The fourth-order valence-electron chi connectivity index (χ4n) is 2.63. The van der Waals surface area contributed by atoms with Gasteiger partial charge in [-0.15, -0.1) is 0 Å². The van der Waals surface area contributed by atoms with Gasteiger partial charge in [0, 0.05) is 19.0 Å². The van der Waals surface area contributed by atoms with Crippen molar-refractivity contribution in [1.29, 1.82) is 5.26 Å². The van der Waals surface area contributed by atoms with E-state index in [0.717, 1.165) is 12.2 Å². The molecule has 1 aromatic carbocycles. The standard InChI is InChI=1S/C15H14N2O3S/c16-10-12-4-1-2-6-15(12)21(18,19)17-8-7-13(11-17)14-5-3-9-20-14/h1-6,9,13H,7-8,11H2. The molecule has 1 saturated heterocycles. The first kappa shape index (κ1) is 13.9. The third-order valence-corrected chi connectivity index (χ3v) is 5.65. The Kier molecular flexibility index (Phi) is 3.53. The summed E-state index contributed by atoms with van der Waals surface area (Å²) in [5, 5.41) is 9.08. The van der Waals surface area contributed by atoms with Crippen molar-refractivity contribution >= 4 is 10.0 Å². The van der Waals surface area contributed by atoms with Gasteiger partial charge in [0.1, 0.15) is 11.8 Å². The maximum atomic E-state index is 12.7. The van der Waals surface area contributed by atoms with Gasteiger partial charge in [-0.05, 0) is 30.7 Å². The van der Waals surface area contributed by atoms with Crippen molar-refractivity contribution in [2.24, 2.45) is 0 Å². The van der Waals surface area contributed by atoms with Gasteiger partial charge in [0.2, 0.25) is 10.0 Å². The van der Waals surface area contributed by atoms with E-state index >= 15 is 0 Å². The number of benzene rings is 1. The normalized spacial score (nSPS) is 19.5. The van der Waals surface area contributed by atoms with Crippen LogP contribution in [0, 0.1) is 11.3 Å². The minimum Gasteiger partial charge on any atom is -0.469 e. The number of hydrogen-bond donors (Lipinski definition) is 0. The van der Waals surface area contributed by atoms with Crippen LogP contribution in [0.3, 0.4) is 0 Å². The summed E-state index contributed by atoms with van der Waals surface area (Å²) in [4.78, 5) is 0.0765. The van der Waals surface area contributed by atoms with Gasteiger partial charge in [-0.25, -0.2) is 8.42 Å². The molecule has 0 saturated carbocycles. The summed E-state index contributed by atoms with van der Waals surface area (Å²) in [5.74, 6) is 0.880. The molecule has 1 aromatic heterocycles. The van der Waals surface area contributed by atoms with E-state index in [0.29, 0.717) is 13.1 Å². The topological polar surface area (TPSA) is 74.3 Å². The van der Waals surface area contributed by atoms with Crippen LogP contribution in [-0.2, 0) is 10.0 Å². The van der Waals surface area contributed by atoms with Crippen LogP contribution in [0.4, 0.5) is 0 Å². The number of rotatable bonds is 3. The molecule has 0 N–H and O–H groups in total. The quantitative estimate of drug-likeness (QED) is 0.872. The van der Waals surface area contributed by atoms with Gasteiger partial charge in [0.15, 0.2) is 0 Å². The van der Waals surface area contributed by atoms with Crippen molar-refractivity contribution < 1.29 is 12.8 Å². The van der Waals surface area contributed by atoms with E-state index in [-0.39, 0.29) is 16.4 Å². The highest BCUT2D eigenvalue weighted by Gasteiger charge is 2.35. The van der Waals surface area contributed by atoms with Crippen LogP contribution in [0.5, 0.6) is 0 Å². The minimum atomic E-state index is -3.64. The van der Waals surface area contributed by atoms with E-state index < -0.39 is 10.0 Å². The summed E-state index contributed by atoms with van der Waals surface area (Å²) in [6.45, 7) is 0.822. The van der Waals surface area contributed by atoms with Gasteiger partial charge in [-0.2, -0.15) is 9.57 Å². The van der Waals surface area contributed by atoms with Gasteiger partial charge in [-0.1, -0.05) is 12.1 Å². The van der Waals surface area contributed by atoms with Crippen LogP contribution < -0.4 is 0 Å². The lowest BCUT2D eigenvalue weighted by atomic mass is 10.1. The van der Waals surface area contributed by atoms with E-state index in [2.05, 4.69) is 0 Å². The van der Waals surface area contributed by atoms with E-state index in [1.54, 1.807) is 24.5 Å². The van der Waals surface area contributed by atoms with Gasteiger partial charge < -0.3 is 4.42 Å². The van der Waals surface area contributed by atoms with E-state index in [4.69, 9.17) is 9.68 Å². The van der Waals surface area contributed by atoms with Gasteiger partial charge in [0.25, 0.3) is 0 Å². The molecule has 1 unspecified atom stereocenters. The molecular formula is C15H14N2O3S. The highest BCUT2D eigenvalue weighted by Crippen LogP contribution is 2.31. The summed E-state index contributed by atoms with van der Waals surface area (Å²) >= 11 is 0. The van der Waals surface area contributed by atoms with Crippen LogP contribution in [-0.4, -0.2) is 25.8 Å². The van der Waals surface area contributed by atoms with Gasteiger partial charge in [0.05, 0.1) is 16.7 Å². The van der Waals surface area contributed by atoms with Crippen molar-refractivity contribution in [3.05, 3.63) is 54.0 Å². The fraction of sp³-hybridized carbons (Fsp3) is 0.267. The lowest BCUT2D eigenvalue weighted by Gasteiger charge is -2.17. The third kappa shape index (κ3) is 2.46. The van der Waals surface area contributed by atoms with Gasteiger partial charge >= 0.3 is 0 Å². The number of nitrogens with zero attached hydrogens (tertiary/aromatic N) is 2. The smallest absolute Gasteiger partial charge is 0.244 e. The van der Waals surface area contributed by atoms with Crippen molar-refractivity contribution in [2.75, 3.05) is 13.1 Å². The molecule has 0 amide bonds. The Morgan fingerprint density at radius 1 is 1.24 bits per heavy atom. The number of sulfonamides is 1. The summed E-state index contributed by atoms with van der Waals surface area (Å²) in [5.41, 5.74) is 0.180. The van der Waals surface area contributed by atoms with Crippen LogP contribution in [0.2, 0.25) is 0 Å². The monoisotopic (exact) mass is 302 g/mol. The average Bonchev–Trinajstić information content (AvgIpc) is 3.17. The van der Waals surface area contributed by atoms with E-state index in [1.807, 2.05) is 12.1 Å². The summed E-state index contributed by atoms with van der Waals surface area (Å²) in [6.07, 6.45) is 2.32. The molecule has 3 rings (SSSR count). The SMILES string of the molecule is N#Cc1ccccc1S(=O)(=O)N1CCC(c2ccco2)C1. The maximum Gasteiger partial charge on any atom is 0.244 e. The molecule has 0 radical (unpaired) electrons. The first-order valence-electron chi connectivity index (χ1n) is 6.65. The van der Waals surface area contributed by atoms with E-state index in [1.165, 1.54) is 16.4 Å². The minimum absolute atomic E-state index is 0.0732. The predicted octanol–water partition coefficient (Wildman–Crippen LogP) is 2.33. The maximum absolute atomic E-state index is 12.7. The van der Waals surface area contributed by atoms with Crippen LogP contribution in [0.25, 0.3) is 0 Å². The highest BCUT2D eigenvalue weighted by atomic mass is 32.2. The number of furan rings is 1. The molecule has 6 heteroatoms. The van der Waals surface area contributed by atoms with Gasteiger partial charge in [-0.3, -0.25) is 0 Å². The Morgan fingerprint density at radius 2 is 2.05 bits per heavy atom. The highest BCUT2D eigenvalue weighted by molar-refractivity contribution is 7.89. The summed E-state index contributed by atoms with van der Waals surface area (Å²) in [6, 6.07) is 11.9. The molecular weight excluding hydrogens is 288 g/mol. The largest absolute Gasteiger partial charge is 0.469 e.